The van der Waals surface area contributed by atoms with Gasteiger partial charge in [-0.05, 0) is 68.6 Å². The van der Waals surface area contributed by atoms with Gasteiger partial charge in [-0.3, -0.25) is 9.69 Å². The number of hydrogen-bond donors (Lipinski definition) is 3. The van der Waals surface area contributed by atoms with Crippen LogP contribution in [0.3, 0.4) is 0 Å². The van der Waals surface area contributed by atoms with E-state index in [2.05, 4.69) is 20.0 Å². The molecule has 176 valence electrons. The highest BCUT2D eigenvalue weighted by molar-refractivity contribution is 5.88. The van der Waals surface area contributed by atoms with Crippen LogP contribution in [0.4, 0.5) is 11.6 Å². The maximum absolute atomic E-state index is 13.1. The first-order valence-corrected chi connectivity index (χ1v) is 11.7. The lowest BCUT2D eigenvalue weighted by Gasteiger charge is -2.37. The number of rotatable bonds is 6. The summed E-state index contributed by atoms with van der Waals surface area (Å²) in [5.41, 5.74) is 14.2. The van der Waals surface area contributed by atoms with Crippen molar-refractivity contribution < 1.29 is 10.0 Å². The fourth-order valence-corrected chi connectivity index (χ4v) is 4.92. The summed E-state index contributed by atoms with van der Waals surface area (Å²) < 4.78 is 0. The van der Waals surface area contributed by atoms with Crippen molar-refractivity contribution in [2.24, 2.45) is 17.0 Å². The molecule has 0 atom stereocenters. The van der Waals surface area contributed by atoms with Crippen LogP contribution in [0.25, 0.3) is 0 Å². The molecule has 9 nitrogen and oxygen atoms in total. The highest BCUT2D eigenvalue weighted by Crippen LogP contribution is 2.26. The molecule has 0 bridgehead atoms. The summed E-state index contributed by atoms with van der Waals surface area (Å²) in [7, 11) is 0. The number of hydrogen-bond acceptors (Lipinski definition) is 8. The summed E-state index contributed by atoms with van der Waals surface area (Å²) >= 11 is 0. The van der Waals surface area contributed by atoms with Crippen LogP contribution in [0.5, 0.6) is 0 Å². The lowest BCUT2D eigenvalue weighted by atomic mass is 9.88. The molecule has 5 N–H and O–H groups in total. The van der Waals surface area contributed by atoms with Crippen molar-refractivity contribution in [1.29, 1.82) is 0 Å². The molecule has 9 heteroatoms. The second-order valence-electron chi connectivity index (χ2n) is 9.06. The quantitative estimate of drug-likeness (QED) is 0.348. The average molecular weight is 452 g/mol. The van der Waals surface area contributed by atoms with Crippen LogP contribution in [0.15, 0.2) is 41.7 Å². The van der Waals surface area contributed by atoms with Crippen molar-refractivity contribution in [2.45, 2.75) is 38.6 Å². The van der Waals surface area contributed by atoms with Gasteiger partial charge in [0, 0.05) is 49.8 Å². The van der Waals surface area contributed by atoms with E-state index >= 15 is 0 Å². The van der Waals surface area contributed by atoms with Gasteiger partial charge >= 0.3 is 0 Å². The van der Waals surface area contributed by atoms with Gasteiger partial charge < -0.3 is 21.6 Å². The van der Waals surface area contributed by atoms with E-state index in [1.165, 1.54) is 0 Å². The Morgan fingerprint density at radius 1 is 1.03 bits per heavy atom. The standard InChI is InChI=1S/C24H33N7O2/c25-22-3-1-2-20(28-22)15-21(29-33)18-7-12-31(13-8-18)24(32)19-5-10-30(11-6-19)16-17-4-9-27-23(26)14-17/h1-4,9,14,18-19,33H,5-8,10-13,15-16H2,(H2,25,28)(H2,26,27). The number of oxime groups is 1. The van der Waals surface area contributed by atoms with E-state index in [0.29, 0.717) is 36.9 Å². The molecule has 4 heterocycles. The number of carbonyl (C=O) groups excluding carboxylic acids is 1. The highest BCUT2D eigenvalue weighted by Gasteiger charge is 2.32. The van der Waals surface area contributed by atoms with Gasteiger partial charge in [-0.25, -0.2) is 9.97 Å². The van der Waals surface area contributed by atoms with Gasteiger partial charge in [-0.1, -0.05) is 11.2 Å². The third kappa shape index (κ3) is 5.98. The first-order valence-electron chi connectivity index (χ1n) is 11.7. The molecule has 0 saturated carbocycles. The Morgan fingerprint density at radius 2 is 1.76 bits per heavy atom. The van der Waals surface area contributed by atoms with Gasteiger partial charge in [-0.2, -0.15) is 0 Å². The van der Waals surface area contributed by atoms with Gasteiger partial charge in [-0.15, -0.1) is 0 Å². The van der Waals surface area contributed by atoms with E-state index in [4.69, 9.17) is 11.5 Å². The summed E-state index contributed by atoms with van der Waals surface area (Å²) in [5.74, 6) is 1.50. The number of aromatic nitrogens is 2. The molecule has 0 unspecified atom stereocenters. The van der Waals surface area contributed by atoms with Crippen LogP contribution >= 0.6 is 0 Å². The van der Waals surface area contributed by atoms with Crippen LogP contribution < -0.4 is 11.5 Å². The molecule has 2 aromatic rings. The summed E-state index contributed by atoms with van der Waals surface area (Å²) in [6.45, 7) is 4.05. The minimum Gasteiger partial charge on any atom is -0.411 e. The number of nitrogens with zero attached hydrogens (tertiary/aromatic N) is 5. The van der Waals surface area contributed by atoms with E-state index in [1.807, 2.05) is 29.2 Å². The minimum atomic E-state index is 0.0859. The average Bonchev–Trinajstić information content (AvgIpc) is 2.83. The predicted molar refractivity (Wildman–Crippen MR) is 128 cm³/mol. The van der Waals surface area contributed by atoms with Crippen molar-refractivity contribution in [2.75, 3.05) is 37.6 Å². The highest BCUT2D eigenvalue weighted by atomic mass is 16.4. The zero-order valence-electron chi connectivity index (χ0n) is 18.9. The van der Waals surface area contributed by atoms with Gasteiger partial charge in [0.1, 0.15) is 11.6 Å². The van der Waals surface area contributed by atoms with Crippen molar-refractivity contribution in [3.63, 3.8) is 0 Å². The third-order valence-electron chi connectivity index (χ3n) is 6.79. The van der Waals surface area contributed by atoms with Crippen LogP contribution in [0.1, 0.15) is 36.9 Å². The van der Waals surface area contributed by atoms with Gasteiger partial charge in [0.2, 0.25) is 5.91 Å². The number of piperidine rings is 2. The summed E-state index contributed by atoms with van der Waals surface area (Å²) in [6, 6.07) is 9.38. The molecule has 0 aromatic carbocycles. The lowest BCUT2D eigenvalue weighted by molar-refractivity contribution is -0.138. The number of pyridine rings is 2. The fraction of sp³-hybridized carbons (Fsp3) is 0.500. The van der Waals surface area contributed by atoms with E-state index in [-0.39, 0.29) is 17.7 Å². The number of carbonyl (C=O) groups is 1. The maximum Gasteiger partial charge on any atom is 0.225 e. The van der Waals surface area contributed by atoms with E-state index in [9.17, 15) is 10.0 Å². The molecule has 2 aromatic heterocycles. The Balaban J connectivity index is 1.24. The number of nitrogens with two attached hydrogens (primary N) is 2. The Morgan fingerprint density at radius 3 is 2.42 bits per heavy atom. The van der Waals surface area contributed by atoms with Crippen molar-refractivity contribution in [1.82, 2.24) is 19.8 Å². The van der Waals surface area contributed by atoms with E-state index in [1.54, 1.807) is 12.3 Å². The first kappa shape index (κ1) is 23.0. The largest absolute Gasteiger partial charge is 0.411 e. The predicted octanol–water partition coefficient (Wildman–Crippen LogP) is 2.16. The molecular formula is C24H33N7O2. The maximum atomic E-state index is 13.1. The topological polar surface area (TPSA) is 134 Å². The zero-order valence-corrected chi connectivity index (χ0v) is 18.9. The second kappa shape index (κ2) is 10.6. The lowest BCUT2D eigenvalue weighted by Crippen LogP contribution is -2.46. The second-order valence-corrected chi connectivity index (χ2v) is 9.06. The fourth-order valence-electron chi connectivity index (χ4n) is 4.92. The molecule has 0 radical (unpaired) electrons. The number of anilines is 2. The Bertz CT molecular complexity index is 980. The van der Waals surface area contributed by atoms with Crippen molar-refractivity contribution in [3.8, 4) is 0 Å². The molecule has 2 aliphatic heterocycles. The minimum absolute atomic E-state index is 0.0859. The summed E-state index contributed by atoms with van der Waals surface area (Å²) in [4.78, 5) is 25.8. The Labute approximate surface area is 194 Å². The van der Waals surface area contributed by atoms with Crippen LogP contribution in [0.2, 0.25) is 0 Å². The smallest absolute Gasteiger partial charge is 0.225 e. The van der Waals surface area contributed by atoms with Crippen molar-refractivity contribution in [3.05, 3.63) is 47.8 Å². The van der Waals surface area contributed by atoms with Crippen LogP contribution in [0, 0.1) is 11.8 Å². The molecule has 2 fully saturated rings. The first-order chi connectivity index (χ1) is 16.0. The molecule has 2 saturated heterocycles. The van der Waals surface area contributed by atoms with Crippen LogP contribution in [-0.2, 0) is 17.8 Å². The molecule has 1 amide bonds. The van der Waals surface area contributed by atoms with E-state index < -0.39 is 0 Å². The van der Waals surface area contributed by atoms with Crippen LogP contribution in [-0.4, -0.2) is 62.8 Å². The van der Waals surface area contributed by atoms with Crippen molar-refractivity contribution >= 4 is 23.3 Å². The number of amides is 1. The molecule has 0 aliphatic carbocycles. The normalized spacial score (nSPS) is 19.0. The number of likely N-dealkylation sites (tertiary alicyclic amines) is 2. The summed E-state index contributed by atoms with van der Waals surface area (Å²) in [5, 5.41) is 13.1. The zero-order chi connectivity index (χ0) is 23.2. The molecule has 2 aliphatic rings. The Kier molecular flexibility index (Phi) is 7.39. The molecule has 33 heavy (non-hydrogen) atoms. The van der Waals surface area contributed by atoms with Gasteiger partial charge in [0.05, 0.1) is 5.71 Å². The monoisotopic (exact) mass is 451 g/mol. The molecule has 4 rings (SSSR count). The van der Waals surface area contributed by atoms with Gasteiger partial charge in [0.25, 0.3) is 0 Å². The Hall–Kier alpha value is -3.20. The SMILES string of the molecule is Nc1cc(CN2CCC(C(=O)N3CCC(C(Cc4cccc(N)n4)=NO)CC3)CC2)ccn1. The third-order valence-corrected chi connectivity index (χ3v) is 6.79. The molecule has 0 spiro atoms. The van der Waals surface area contributed by atoms with E-state index in [0.717, 1.165) is 56.6 Å². The number of nitrogen functional groups attached to an aromatic ring is 2. The molecular weight excluding hydrogens is 418 g/mol. The van der Waals surface area contributed by atoms with Gasteiger partial charge in [0.15, 0.2) is 0 Å². The summed E-state index contributed by atoms with van der Waals surface area (Å²) in [6.07, 6.45) is 5.57.